The Morgan fingerprint density at radius 3 is 2.48 bits per heavy atom. The van der Waals surface area contributed by atoms with E-state index in [1.807, 2.05) is 35.2 Å². The third-order valence-corrected chi connectivity index (χ3v) is 5.60. The van der Waals surface area contributed by atoms with Crippen LogP contribution in [0.3, 0.4) is 0 Å². The Morgan fingerprint density at radius 2 is 1.76 bits per heavy atom. The average Bonchev–Trinajstić information content (AvgIpc) is 3.25. The number of H-pyrrole nitrogens is 1. The van der Waals surface area contributed by atoms with Crippen molar-refractivity contribution in [3.63, 3.8) is 0 Å². The Bertz CT molecular complexity index is 1020. The van der Waals surface area contributed by atoms with E-state index in [9.17, 15) is 4.79 Å². The Balaban J connectivity index is 1.44. The Morgan fingerprint density at radius 1 is 1.00 bits per heavy atom. The predicted molar refractivity (Wildman–Crippen MR) is 115 cm³/mol. The van der Waals surface area contributed by atoms with Crippen LogP contribution in [0.4, 0.5) is 5.69 Å². The second-order valence-corrected chi connectivity index (χ2v) is 7.42. The summed E-state index contributed by atoms with van der Waals surface area (Å²) in [5.41, 5.74) is 5.87. The minimum Gasteiger partial charge on any atom is -0.495 e. The number of hydrogen-bond acceptors (Lipinski definition) is 4. The van der Waals surface area contributed by atoms with Crippen LogP contribution in [0.15, 0.2) is 48.5 Å². The summed E-state index contributed by atoms with van der Waals surface area (Å²) in [5, 5.41) is 7.28. The van der Waals surface area contributed by atoms with E-state index in [0.717, 1.165) is 35.8 Å². The summed E-state index contributed by atoms with van der Waals surface area (Å²) < 4.78 is 5.47. The van der Waals surface area contributed by atoms with Gasteiger partial charge in [0.2, 0.25) is 0 Å². The van der Waals surface area contributed by atoms with Crippen LogP contribution in [-0.4, -0.2) is 54.3 Å². The number of rotatable bonds is 4. The van der Waals surface area contributed by atoms with Crippen molar-refractivity contribution in [3.8, 4) is 17.0 Å². The predicted octanol–water partition coefficient (Wildman–Crippen LogP) is 3.66. The van der Waals surface area contributed by atoms with Gasteiger partial charge in [0.15, 0.2) is 0 Å². The van der Waals surface area contributed by atoms with Gasteiger partial charge in [-0.2, -0.15) is 5.10 Å². The topological polar surface area (TPSA) is 61.5 Å². The number of aryl methyl sites for hydroxylation is 2. The van der Waals surface area contributed by atoms with Crippen LogP contribution in [0, 0.1) is 13.8 Å². The van der Waals surface area contributed by atoms with Crippen LogP contribution in [0.5, 0.6) is 5.75 Å². The van der Waals surface area contributed by atoms with Crippen molar-refractivity contribution in [2.75, 3.05) is 38.2 Å². The Kier molecular flexibility index (Phi) is 5.25. The SMILES string of the molecule is COc1ccccc1N1CCN(C(=O)c2cc(-c3ccc(C)c(C)c3)n[nH]2)CC1. The number of methoxy groups -OCH3 is 1. The second kappa shape index (κ2) is 7.99. The van der Waals surface area contributed by atoms with Gasteiger partial charge in [-0.05, 0) is 49.2 Å². The van der Waals surface area contributed by atoms with Crippen LogP contribution in [0.1, 0.15) is 21.6 Å². The summed E-state index contributed by atoms with van der Waals surface area (Å²) in [5.74, 6) is 0.853. The van der Waals surface area contributed by atoms with Gasteiger partial charge >= 0.3 is 0 Å². The molecule has 4 rings (SSSR count). The number of carbonyl (C=O) groups excluding carboxylic acids is 1. The number of nitrogens with zero attached hydrogens (tertiary/aromatic N) is 3. The molecule has 2 aromatic carbocycles. The number of benzene rings is 2. The highest BCUT2D eigenvalue weighted by atomic mass is 16.5. The number of nitrogens with one attached hydrogen (secondary N) is 1. The number of para-hydroxylation sites is 2. The van der Waals surface area contributed by atoms with Gasteiger partial charge in [0.05, 0.1) is 18.5 Å². The molecule has 1 aliphatic rings. The zero-order valence-corrected chi connectivity index (χ0v) is 17.1. The quantitative estimate of drug-likeness (QED) is 0.738. The molecule has 0 bridgehead atoms. The smallest absolute Gasteiger partial charge is 0.272 e. The first-order valence-corrected chi connectivity index (χ1v) is 9.87. The van der Waals surface area contributed by atoms with Crippen molar-refractivity contribution < 1.29 is 9.53 Å². The fraction of sp³-hybridized carbons (Fsp3) is 0.304. The lowest BCUT2D eigenvalue weighted by molar-refractivity contribution is 0.0740. The maximum atomic E-state index is 12.9. The molecular weight excluding hydrogens is 364 g/mol. The highest BCUT2D eigenvalue weighted by Crippen LogP contribution is 2.28. The monoisotopic (exact) mass is 390 g/mol. The molecule has 150 valence electrons. The largest absolute Gasteiger partial charge is 0.495 e. The molecule has 1 aliphatic heterocycles. The molecule has 1 amide bonds. The molecule has 6 nitrogen and oxygen atoms in total. The van der Waals surface area contributed by atoms with Crippen molar-refractivity contribution in [1.82, 2.24) is 15.1 Å². The number of piperazine rings is 1. The number of hydrogen-bond donors (Lipinski definition) is 1. The molecule has 0 unspecified atom stereocenters. The molecule has 1 N–H and O–H groups in total. The zero-order valence-electron chi connectivity index (χ0n) is 17.1. The molecule has 1 saturated heterocycles. The van der Waals surface area contributed by atoms with E-state index < -0.39 is 0 Å². The third kappa shape index (κ3) is 3.83. The first-order valence-electron chi connectivity index (χ1n) is 9.87. The fourth-order valence-corrected chi connectivity index (χ4v) is 3.69. The van der Waals surface area contributed by atoms with E-state index in [2.05, 4.69) is 47.1 Å². The summed E-state index contributed by atoms with van der Waals surface area (Å²) >= 11 is 0. The van der Waals surface area contributed by atoms with Gasteiger partial charge in [-0.25, -0.2) is 0 Å². The molecule has 1 fully saturated rings. The van der Waals surface area contributed by atoms with Crippen molar-refractivity contribution in [2.45, 2.75) is 13.8 Å². The minimum atomic E-state index is -0.00717. The standard InChI is InChI=1S/C23H26N4O2/c1-16-8-9-18(14-17(16)2)19-15-20(25-24-19)23(28)27-12-10-26(11-13-27)21-6-4-5-7-22(21)29-3/h4-9,14-15H,10-13H2,1-3H3,(H,24,25). The van der Waals surface area contributed by atoms with Gasteiger partial charge in [-0.1, -0.05) is 24.3 Å². The van der Waals surface area contributed by atoms with Crippen molar-refractivity contribution in [1.29, 1.82) is 0 Å². The lowest BCUT2D eigenvalue weighted by Gasteiger charge is -2.36. The highest BCUT2D eigenvalue weighted by Gasteiger charge is 2.25. The summed E-state index contributed by atoms with van der Waals surface area (Å²) in [6.07, 6.45) is 0. The van der Waals surface area contributed by atoms with E-state index in [1.54, 1.807) is 7.11 Å². The van der Waals surface area contributed by atoms with Crippen molar-refractivity contribution >= 4 is 11.6 Å². The number of aromatic nitrogens is 2. The minimum absolute atomic E-state index is 0.00717. The zero-order chi connectivity index (χ0) is 20.4. The average molecular weight is 390 g/mol. The van der Waals surface area contributed by atoms with Crippen molar-refractivity contribution in [2.24, 2.45) is 0 Å². The van der Waals surface area contributed by atoms with Crippen LogP contribution < -0.4 is 9.64 Å². The molecule has 0 atom stereocenters. The van der Waals surface area contributed by atoms with Gasteiger partial charge in [0.25, 0.3) is 5.91 Å². The molecule has 2 heterocycles. The van der Waals surface area contributed by atoms with Crippen molar-refractivity contribution in [3.05, 3.63) is 65.4 Å². The maximum Gasteiger partial charge on any atom is 0.272 e. The number of ether oxygens (including phenoxy) is 1. The lowest BCUT2D eigenvalue weighted by atomic mass is 10.0. The van der Waals surface area contributed by atoms with E-state index in [0.29, 0.717) is 18.8 Å². The number of amides is 1. The Labute approximate surface area is 171 Å². The molecule has 1 aromatic heterocycles. The fourth-order valence-electron chi connectivity index (χ4n) is 3.69. The number of anilines is 1. The van der Waals surface area contributed by atoms with Crippen LogP contribution in [0.25, 0.3) is 11.3 Å². The molecular formula is C23H26N4O2. The number of carbonyl (C=O) groups is 1. The van der Waals surface area contributed by atoms with E-state index in [-0.39, 0.29) is 5.91 Å². The normalized spacial score (nSPS) is 14.2. The van der Waals surface area contributed by atoms with Crippen LogP contribution >= 0.6 is 0 Å². The van der Waals surface area contributed by atoms with Gasteiger partial charge in [-0.15, -0.1) is 0 Å². The summed E-state index contributed by atoms with van der Waals surface area (Å²) in [6.45, 7) is 7.03. The number of aromatic amines is 1. The summed E-state index contributed by atoms with van der Waals surface area (Å²) in [4.78, 5) is 17.1. The van der Waals surface area contributed by atoms with Gasteiger partial charge in [0.1, 0.15) is 11.4 Å². The van der Waals surface area contributed by atoms with Crippen LogP contribution in [-0.2, 0) is 0 Å². The molecule has 6 heteroatoms. The molecule has 29 heavy (non-hydrogen) atoms. The first kappa shape index (κ1) is 19.1. The summed E-state index contributed by atoms with van der Waals surface area (Å²) in [6, 6.07) is 16.1. The van der Waals surface area contributed by atoms with E-state index in [4.69, 9.17) is 4.74 Å². The molecule has 0 radical (unpaired) electrons. The van der Waals surface area contributed by atoms with Gasteiger partial charge < -0.3 is 14.5 Å². The molecule has 0 saturated carbocycles. The van der Waals surface area contributed by atoms with Crippen LogP contribution in [0.2, 0.25) is 0 Å². The Hall–Kier alpha value is -3.28. The first-order chi connectivity index (χ1) is 14.1. The van der Waals surface area contributed by atoms with Gasteiger partial charge in [0, 0.05) is 31.7 Å². The molecule has 3 aromatic rings. The molecule has 0 spiro atoms. The van der Waals surface area contributed by atoms with Gasteiger partial charge in [-0.3, -0.25) is 9.89 Å². The third-order valence-electron chi connectivity index (χ3n) is 5.60. The van der Waals surface area contributed by atoms with E-state index >= 15 is 0 Å². The maximum absolute atomic E-state index is 12.9. The summed E-state index contributed by atoms with van der Waals surface area (Å²) in [7, 11) is 1.68. The second-order valence-electron chi connectivity index (χ2n) is 7.42. The molecule has 0 aliphatic carbocycles. The lowest BCUT2D eigenvalue weighted by Crippen LogP contribution is -2.49. The highest BCUT2D eigenvalue weighted by molar-refractivity contribution is 5.93. The van der Waals surface area contributed by atoms with E-state index in [1.165, 1.54) is 11.1 Å².